The van der Waals surface area contributed by atoms with Crippen molar-refractivity contribution in [3.63, 3.8) is 0 Å². The Morgan fingerprint density at radius 2 is 1.72 bits per heavy atom. The summed E-state index contributed by atoms with van der Waals surface area (Å²) >= 11 is 0. The Balaban J connectivity index is 1.74. The number of rotatable bonds is 7. The number of nitrogens with zero attached hydrogens (tertiary/aromatic N) is 2. The second-order valence-electron chi connectivity index (χ2n) is 8.45. The molecule has 36 heavy (non-hydrogen) atoms. The SMILES string of the molecule is O=C(O)CNC(=O)c1c(O)c(C(=O)Nc2cc(-c3ccccc3)[nH]n2)c(=O)n(C2CCCCC2)c1O. The van der Waals surface area contributed by atoms with Crippen LogP contribution < -0.4 is 16.2 Å². The molecule has 2 heterocycles. The van der Waals surface area contributed by atoms with Gasteiger partial charge in [-0.15, -0.1) is 0 Å². The summed E-state index contributed by atoms with van der Waals surface area (Å²) in [6.45, 7) is -0.794. The molecule has 0 aliphatic heterocycles. The molecule has 3 aromatic rings. The number of hydrogen-bond acceptors (Lipinski definition) is 7. The molecular weight excluding hydrogens is 470 g/mol. The van der Waals surface area contributed by atoms with Crippen LogP contribution in [0.2, 0.25) is 0 Å². The predicted octanol–water partition coefficient (Wildman–Crippen LogP) is 2.22. The van der Waals surface area contributed by atoms with Gasteiger partial charge in [0.1, 0.15) is 17.7 Å². The van der Waals surface area contributed by atoms with Crippen LogP contribution in [0.3, 0.4) is 0 Å². The van der Waals surface area contributed by atoms with Crippen LogP contribution in [-0.4, -0.2) is 54.4 Å². The number of H-pyrrole nitrogens is 1. The van der Waals surface area contributed by atoms with Gasteiger partial charge in [0.05, 0.1) is 5.69 Å². The van der Waals surface area contributed by atoms with Crippen LogP contribution in [0.15, 0.2) is 41.2 Å². The average molecular weight is 495 g/mol. The van der Waals surface area contributed by atoms with E-state index in [1.165, 1.54) is 6.07 Å². The van der Waals surface area contributed by atoms with Crippen molar-refractivity contribution in [2.45, 2.75) is 38.1 Å². The number of pyridine rings is 1. The Morgan fingerprint density at radius 3 is 2.39 bits per heavy atom. The van der Waals surface area contributed by atoms with Crippen molar-refractivity contribution >= 4 is 23.6 Å². The lowest BCUT2D eigenvalue weighted by Crippen LogP contribution is -2.36. The van der Waals surface area contributed by atoms with Crippen LogP contribution in [0.4, 0.5) is 5.82 Å². The summed E-state index contributed by atoms with van der Waals surface area (Å²) in [6, 6.07) is 10.2. The quantitative estimate of drug-likeness (QED) is 0.288. The largest absolute Gasteiger partial charge is 0.506 e. The van der Waals surface area contributed by atoms with Gasteiger partial charge >= 0.3 is 5.97 Å². The number of aromatic amines is 1. The number of nitrogens with one attached hydrogen (secondary N) is 3. The molecule has 0 radical (unpaired) electrons. The van der Waals surface area contributed by atoms with Gasteiger partial charge in [-0.05, 0) is 18.4 Å². The minimum Gasteiger partial charge on any atom is -0.506 e. The molecule has 1 saturated carbocycles. The zero-order valence-corrected chi connectivity index (χ0v) is 19.2. The zero-order chi connectivity index (χ0) is 25.8. The molecule has 12 heteroatoms. The van der Waals surface area contributed by atoms with Crippen molar-refractivity contribution in [2.24, 2.45) is 0 Å². The summed E-state index contributed by atoms with van der Waals surface area (Å²) in [5.74, 6) is -5.35. The number of carboxylic acids is 1. The monoisotopic (exact) mass is 495 g/mol. The van der Waals surface area contributed by atoms with E-state index in [4.69, 9.17) is 5.11 Å². The van der Waals surface area contributed by atoms with E-state index in [1.807, 2.05) is 35.6 Å². The maximum Gasteiger partial charge on any atom is 0.322 e. The number of amides is 2. The number of carboxylic acid groups (broad SMARTS) is 1. The maximum atomic E-state index is 13.3. The molecule has 6 N–H and O–H groups in total. The molecule has 1 fully saturated rings. The minimum atomic E-state index is -1.35. The number of benzene rings is 1. The molecule has 4 rings (SSSR count). The number of anilines is 1. The first-order chi connectivity index (χ1) is 17.3. The van der Waals surface area contributed by atoms with Crippen molar-refractivity contribution in [1.29, 1.82) is 0 Å². The van der Waals surface area contributed by atoms with E-state index in [0.29, 0.717) is 18.5 Å². The van der Waals surface area contributed by atoms with Crippen LogP contribution in [-0.2, 0) is 4.79 Å². The third-order valence-corrected chi connectivity index (χ3v) is 6.06. The smallest absolute Gasteiger partial charge is 0.322 e. The van der Waals surface area contributed by atoms with E-state index in [9.17, 15) is 29.4 Å². The second kappa shape index (κ2) is 10.3. The highest BCUT2D eigenvalue weighted by Gasteiger charge is 2.33. The van der Waals surface area contributed by atoms with Crippen LogP contribution in [0.5, 0.6) is 11.6 Å². The molecule has 2 aromatic heterocycles. The summed E-state index contributed by atoms with van der Waals surface area (Å²) in [5.41, 5.74) is -1.09. The van der Waals surface area contributed by atoms with Crippen molar-refractivity contribution < 1.29 is 29.7 Å². The first kappa shape index (κ1) is 24.5. The number of carbonyl (C=O) groups excluding carboxylic acids is 2. The Hall–Kier alpha value is -4.61. The van der Waals surface area contributed by atoms with E-state index < -0.39 is 58.7 Å². The van der Waals surface area contributed by atoms with Gasteiger partial charge in [-0.2, -0.15) is 5.10 Å². The van der Waals surface area contributed by atoms with E-state index in [-0.39, 0.29) is 5.82 Å². The fourth-order valence-corrected chi connectivity index (χ4v) is 4.34. The van der Waals surface area contributed by atoms with Crippen LogP contribution in [0, 0.1) is 0 Å². The number of aliphatic carboxylic acids is 1. The van der Waals surface area contributed by atoms with Gasteiger partial charge in [0.15, 0.2) is 11.6 Å². The van der Waals surface area contributed by atoms with Gasteiger partial charge in [-0.3, -0.25) is 28.8 Å². The van der Waals surface area contributed by atoms with Gasteiger partial charge in [0.25, 0.3) is 17.4 Å². The summed E-state index contributed by atoms with van der Waals surface area (Å²) in [7, 11) is 0. The highest BCUT2D eigenvalue weighted by molar-refractivity contribution is 6.09. The molecule has 0 saturated heterocycles. The fourth-order valence-electron chi connectivity index (χ4n) is 4.34. The standard InChI is InChI=1S/C24H25N5O7/c30-17(31)12-25-21(33)18-20(32)19(24(36)29(23(18)35)14-9-5-2-6-10-14)22(34)26-16-11-15(27-28-16)13-7-3-1-4-8-13/h1,3-4,7-8,11,14,32,35H,2,5-6,9-10,12H2,(H,25,33)(H,30,31)(H2,26,27,28,34). The summed E-state index contributed by atoms with van der Waals surface area (Å²) in [5, 5.41) is 41.7. The Morgan fingerprint density at radius 1 is 1.03 bits per heavy atom. The lowest BCUT2D eigenvalue weighted by Gasteiger charge is -2.26. The molecular formula is C24H25N5O7. The van der Waals surface area contributed by atoms with E-state index in [0.717, 1.165) is 29.4 Å². The van der Waals surface area contributed by atoms with Gasteiger partial charge in [-0.1, -0.05) is 49.6 Å². The molecule has 12 nitrogen and oxygen atoms in total. The first-order valence-electron chi connectivity index (χ1n) is 11.4. The summed E-state index contributed by atoms with van der Waals surface area (Å²) in [6.07, 6.45) is 3.53. The molecule has 0 spiro atoms. The predicted molar refractivity (Wildman–Crippen MR) is 128 cm³/mol. The van der Waals surface area contributed by atoms with E-state index in [1.54, 1.807) is 0 Å². The van der Waals surface area contributed by atoms with Gasteiger partial charge in [0.2, 0.25) is 5.88 Å². The summed E-state index contributed by atoms with van der Waals surface area (Å²) in [4.78, 5) is 50.0. The normalized spacial score (nSPS) is 13.8. The Labute approximate surface area is 204 Å². The van der Waals surface area contributed by atoms with Gasteiger partial charge in [0, 0.05) is 12.1 Å². The van der Waals surface area contributed by atoms with Crippen LogP contribution in [0.1, 0.15) is 58.9 Å². The average Bonchev–Trinajstić information content (AvgIpc) is 3.32. The third kappa shape index (κ3) is 4.92. The highest BCUT2D eigenvalue weighted by atomic mass is 16.4. The molecule has 0 bridgehead atoms. The Kier molecular flexibility index (Phi) is 7.04. The second-order valence-corrected chi connectivity index (χ2v) is 8.45. The molecule has 1 aliphatic rings. The number of carbonyl (C=O) groups is 3. The van der Waals surface area contributed by atoms with Crippen molar-refractivity contribution in [2.75, 3.05) is 11.9 Å². The Bertz CT molecular complexity index is 1360. The van der Waals surface area contributed by atoms with Crippen LogP contribution in [0.25, 0.3) is 11.3 Å². The number of aromatic hydroxyl groups is 2. The molecule has 0 atom stereocenters. The first-order valence-corrected chi connectivity index (χ1v) is 11.4. The highest BCUT2D eigenvalue weighted by Crippen LogP contribution is 2.35. The van der Waals surface area contributed by atoms with Gasteiger partial charge < -0.3 is 26.0 Å². The van der Waals surface area contributed by atoms with E-state index >= 15 is 0 Å². The number of aromatic nitrogens is 3. The topological polar surface area (TPSA) is 187 Å². The van der Waals surface area contributed by atoms with Crippen molar-refractivity contribution in [3.8, 4) is 22.9 Å². The van der Waals surface area contributed by atoms with Crippen molar-refractivity contribution in [3.05, 3.63) is 57.9 Å². The third-order valence-electron chi connectivity index (χ3n) is 6.06. The minimum absolute atomic E-state index is 0.0619. The van der Waals surface area contributed by atoms with E-state index in [2.05, 4.69) is 15.5 Å². The van der Waals surface area contributed by atoms with Gasteiger partial charge in [-0.25, -0.2) is 0 Å². The summed E-state index contributed by atoms with van der Waals surface area (Å²) < 4.78 is 0.934. The molecule has 1 aromatic carbocycles. The lowest BCUT2D eigenvalue weighted by molar-refractivity contribution is -0.135. The van der Waals surface area contributed by atoms with Crippen LogP contribution >= 0.6 is 0 Å². The lowest BCUT2D eigenvalue weighted by atomic mass is 9.94. The molecule has 1 aliphatic carbocycles. The molecule has 0 unspecified atom stereocenters. The molecule has 188 valence electrons. The number of hydrogen-bond donors (Lipinski definition) is 6. The zero-order valence-electron chi connectivity index (χ0n) is 19.2. The van der Waals surface area contributed by atoms with Crippen molar-refractivity contribution in [1.82, 2.24) is 20.1 Å². The molecule has 2 amide bonds. The maximum absolute atomic E-state index is 13.3. The fraction of sp³-hybridized carbons (Fsp3) is 0.292.